The van der Waals surface area contributed by atoms with E-state index < -0.39 is 11.2 Å². The molecular weight excluding hydrogens is 264 g/mol. The van der Waals surface area contributed by atoms with Crippen molar-refractivity contribution in [3.8, 4) is 0 Å². The van der Waals surface area contributed by atoms with E-state index in [-0.39, 0.29) is 11.6 Å². The minimum Gasteiger partial charge on any atom is -0.349 e. The van der Waals surface area contributed by atoms with E-state index in [4.69, 9.17) is 4.74 Å². The van der Waals surface area contributed by atoms with Gasteiger partial charge in [-0.15, -0.1) is 0 Å². The number of carbonyl (C=O) groups excluding carboxylic acids is 2. The molecule has 1 aromatic carbocycles. The van der Waals surface area contributed by atoms with Crippen LogP contribution < -0.4 is 0 Å². The maximum Gasteiger partial charge on any atom is 0.269 e. The molecule has 1 atom stereocenters. The fourth-order valence-corrected chi connectivity index (χ4v) is 1.81. The molecular formula is C13H12N2O5. The number of rotatable bonds is 4. The number of aldehydes is 1. The van der Waals surface area contributed by atoms with Crippen molar-refractivity contribution in [2.24, 2.45) is 0 Å². The number of ether oxygens (including phenoxy) is 1. The summed E-state index contributed by atoms with van der Waals surface area (Å²) in [6.45, 7) is 0.702. The van der Waals surface area contributed by atoms with Gasteiger partial charge in [0.25, 0.3) is 5.69 Å². The molecule has 1 aliphatic heterocycles. The summed E-state index contributed by atoms with van der Waals surface area (Å²) in [5.41, 5.74) is 0.647. The summed E-state index contributed by atoms with van der Waals surface area (Å²) in [6.07, 6.45) is 2.59. The Kier molecular flexibility index (Phi) is 4.21. The lowest BCUT2D eigenvalue weighted by molar-refractivity contribution is -0.384. The predicted molar refractivity (Wildman–Crippen MR) is 69.6 cm³/mol. The topological polar surface area (TPSA) is 89.8 Å². The molecule has 20 heavy (non-hydrogen) atoms. The molecule has 0 bridgehead atoms. The molecule has 1 aromatic rings. The number of benzene rings is 1. The van der Waals surface area contributed by atoms with Gasteiger partial charge in [-0.05, 0) is 23.8 Å². The third-order valence-electron chi connectivity index (χ3n) is 2.85. The Morgan fingerprint density at radius 3 is 2.70 bits per heavy atom. The fraction of sp³-hybridized carbons (Fsp3) is 0.231. The quantitative estimate of drug-likeness (QED) is 0.354. The monoisotopic (exact) mass is 276 g/mol. The van der Waals surface area contributed by atoms with Gasteiger partial charge in [0, 0.05) is 24.8 Å². The number of hydrogen-bond donors (Lipinski definition) is 0. The van der Waals surface area contributed by atoms with Crippen LogP contribution in [0, 0.1) is 10.1 Å². The van der Waals surface area contributed by atoms with Gasteiger partial charge in [0.05, 0.1) is 11.5 Å². The maximum atomic E-state index is 11.9. The van der Waals surface area contributed by atoms with Gasteiger partial charge < -0.3 is 9.64 Å². The normalized spacial score (nSPS) is 18.4. The van der Waals surface area contributed by atoms with E-state index >= 15 is 0 Å². The van der Waals surface area contributed by atoms with Gasteiger partial charge >= 0.3 is 0 Å². The molecule has 0 radical (unpaired) electrons. The van der Waals surface area contributed by atoms with Crippen LogP contribution in [0.15, 0.2) is 30.3 Å². The Labute approximate surface area is 114 Å². The maximum absolute atomic E-state index is 11.9. The van der Waals surface area contributed by atoms with E-state index in [1.807, 2.05) is 0 Å². The van der Waals surface area contributed by atoms with Gasteiger partial charge in [0.2, 0.25) is 5.91 Å². The average Bonchev–Trinajstić information content (AvgIpc) is 2.93. The molecule has 1 fully saturated rings. The highest BCUT2D eigenvalue weighted by molar-refractivity contribution is 5.93. The van der Waals surface area contributed by atoms with Gasteiger partial charge in [-0.2, -0.15) is 0 Å². The Hall–Kier alpha value is -2.54. The first-order chi connectivity index (χ1) is 9.61. The Morgan fingerprint density at radius 1 is 1.40 bits per heavy atom. The zero-order valence-electron chi connectivity index (χ0n) is 10.5. The van der Waals surface area contributed by atoms with Gasteiger partial charge in [-0.3, -0.25) is 19.7 Å². The molecule has 1 aliphatic rings. The summed E-state index contributed by atoms with van der Waals surface area (Å²) in [6, 6.07) is 5.80. The Morgan fingerprint density at radius 2 is 2.10 bits per heavy atom. The van der Waals surface area contributed by atoms with Crippen LogP contribution in [0.1, 0.15) is 5.56 Å². The second kappa shape index (κ2) is 6.07. The minimum atomic E-state index is -0.830. The Balaban J connectivity index is 2.03. The molecule has 2 rings (SSSR count). The van der Waals surface area contributed by atoms with Crippen molar-refractivity contribution < 1.29 is 19.2 Å². The van der Waals surface area contributed by atoms with Crippen LogP contribution in [-0.4, -0.2) is 41.4 Å². The van der Waals surface area contributed by atoms with Crippen molar-refractivity contribution in [1.29, 1.82) is 0 Å². The van der Waals surface area contributed by atoms with Crippen molar-refractivity contribution in [2.75, 3.05) is 13.2 Å². The van der Waals surface area contributed by atoms with Crippen molar-refractivity contribution in [3.63, 3.8) is 0 Å². The molecule has 1 amide bonds. The molecule has 1 unspecified atom stereocenters. The average molecular weight is 276 g/mol. The highest BCUT2D eigenvalue weighted by Crippen LogP contribution is 2.14. The predicted octanol–water partition coefficient (Wildman–Crippen LogP) is 0.992. The highest BCUT2D eigenvalue weighted by atomic mass is 16.6. The lowest BCUT2D eigenvalue weighted by atomic mass is 10.2. The molecule has 0 saturated carbocycles. The van der Waals surface area contributed by atoms with Crippen LogP contribution in [0.5, 0.6) is 0 Å². The van der Waals surface area contributed by atoms with Crippen molar-refractivity contribution in [2.45, 2.75) is 6.23 Å². The second-order valence-electron chi connectivity index (χ2n) is 4.11. The standard InChI is InChI=1S/C13H12N2O5/c16-9-13-14(7-8-20-13)12(17)6-3-10-1-4-11(5-2-10)15(18)19/h1-6,9,13H,7-8H2. The number of carbonyl (C=O) groups is 2. The summed E-state index contributed by atoms with van der Waals surface area (Å²) in [5, 5.41) is 10.5. The van der Waals surface area contributed by atoms with Gasteiger partial charge in [-0.25, -0.2) is 0 Å². The third-order valence-corrected chi connectivity index (χ3v) is 2.85. The number of nitrogens with zero attached hydrogens (tertiary/aromatic N) is 2. The molecule has 104 valence electrons. The lowest BCUT2D eigenvalue weighted by Gasteiger charge is -2.16. The summed E-state index contributed by atoms with van der Waals surface area (Å²) in [7, 11) is 0. The first-order valence-corrected chi connectivity index (χ1v) is 5.92. The molecule has 0 aliphatic carbocycles. The number of nitro groups is 1. The van der Waals surface area contributed by atoms with Crippen LogP contribution in [-0.2, 0) is 14.3 Å². The van der Waals surface area contributed by atoms with Crippen molar-refractivity contribution >= 4 is 24.0 Å². The van der Waals surface area contributed by atoms with Crippen LogP contribution >= 0.6 is 0 Å². The van der Waals surface area contributed by atoms with Crippen LogP contribution in [0.25, 0.3) is 6.08 Å². The SMILES string of the molecule is O=CC1OCCN1C(=O)C=Cc1ccc([N+](=O)[O-])cc1. The van der Waals surface area contributed by atoms with Crippen molar-refractivity contribution in [3.05, 3.63) is 46.0 Å². The van der Waals surface area contributed by atoms with Gasteiger partial charge in [-0.1, -0.05) is 0 Å². The zero-order valence-corrected chi connectivity index (χ0v) is 10.5. The fourth-order valence-electron chi connectivity index (χ4n) is 1.81. The number of amides is 1. The molecule has 0 spiro atoms. The smallest absolute Gasteiger partial charge is 0.269 e. The van der Waals surface area contributed by atoms with Crippen LogP contribution in [0.4, 0.5) is 5.69 Å². The summed E-state index contributed by atoms with van der Waals surface area (Å²) in [5.74, 6) is -0.335. The van der Waals surface area contributed by atoms with E-state index in [1.165, 1.54) is 29.2 Å². The first kappa shape index (κ1) is 13.9. The largest absolute Gasteiger partial charge is 0.349 e. The molecule has 7 nitrogen and oxygen atoms in total. The van der Waals surface area contributed by atoms with E-state index in [9.17, 15) is 19.7 Å². The molecule has 0 N–H and O–H groups in total. The van der Waals surface area contributed by atoms with Crippen molar-refractivity contribution in [1.82, 2.24) is 4.90 Å². The van der Waals surface area contributed by atoms with E-state index in [0.717, 1.165) is 0 Å². The molecule has 7 heteroatoms. The van der Waals surface area contributed by atoms with E-state index in [0.29, 0.717) is 25.0 Å². The third kappa shape index (κ3) is 3.07. The molecule has 0 aromatic heterocycles. The number of nitro benzene ring substituents is 1. The van der Waals surface area contributed by atoms with Gasteiger partial charge in [0.1, 0.15) is 0 Å². The minimum absolute atomic E-state index is 0.0116. The van der Waals surface area contributed by atoms with Crippen LogP contribution in [0.2, 0.25) is 0 Å². The number of hydrogen-bond acceptors (Lipinski definition) is 5. The summed E-state index contributed by atoms with van der Waals surface area (Å²) in [4.78, 5) is 33.9. The summed E-state index contributed by atoms with van der Waals surface area (Å²) < 4.78 is 5.06. The summed E-state index contributed by atoms with van der Waals surface area (Å²) >= 11 is 0. The van der Waals surface area contributed by atoms with E-state index in [1.54, 1.807) is 12.1 Å². The number of non-ortho nitro benzene ring substituents is 1. The molecule has 1 heterocycles. The first-order valence-electron chi connectivity index (χ1n) is 5.92. The highest BCUT2D eigenvalue weighted by Gasteiger charge is 2.27. The lowest BCUT2D eigenvalue weighted by Crippen LogP contribution is -2.35. The van der Waals surface area contributed by atoms with E-state index in [2.05, 4.69) is 0 Å². The van der Waals surface area contributed by atoms with Gasteiger partial charge in [0.15, 0.2) is 12.5 Å². The zero-order chi connectivity index (χ0) is 14.5. The second-order valence-corrected chi connectivity index (χ2v) is 4.11. The van der Waals surface area contributed by atoms with Crippen LogP contribution in [0.3, 0.4) is 0 Å². The molecule has 1 saturated heterocycles. The Bertz CT molecular complexity index is 552.